The smallest absolute Gasteiger partial charge is 0.270 e. The molecule has 1 aliphatic heterocycles. The third kappa shape index (κ3) is 5.04. The van der Waals surface area contributed by atoms with Crippen molar-refractivity contribution in [1.82, 2.24) is 14.8 Å². The van der Waals surface area contributed by atoms with E-state index >= 15 is 0 Å². The minimum absolute atomic E-state index is 0.0212. The van der Waals surface area contributed by atoms with E-state index in [0.29, 0.717) is 18.2 Å². The highest BCUT2D eigenvalue weighted by molar-refractivity contribution is 5.98. The molecular formula is C27H34FN3O. The van der Waals surface area contributed by atoms with Crippen molar-refractivity contribution in [2.45, 2.75) is 45.6 Å². The van der Waals surface area contributed by atoms with Crippen LogP contribution < -0.4 is 0 Å². The summed E-state index contributed by atoms with van der Waals surface area (Å²) in [6, 6.07) is 16.8. The maximum Gasteiger partial charge on any atom is 0.270 e. The number of hydrogen-bond donors (Lipinski definition) is 1. The zero-order valence-corrected chi connectivity index (χ0v) is 19.4. The molecular weight excluding hydrogens is 401 g/mol. The molecule has 0 aliphatic carbocycles. The Morgan fingerprint density at radius 3 is 2.47 bits per heavy atom. The van der Waals surface area contributed by atoms with E-state index in [1.54, 1.807) is 12.1 Å². The highest BCUT2D eigenvalue weighted by Gasteiger charge is 2.32. The van der Waals surface area contributed by atoms with Crippen molar-refractivity contribution in [3.05, 3.63) is 71.7 Å². The van der Waals surface area contributed by atoms with Gasteiger partial charge < -0.3 is 9.88 Å². The van der Waals surface area contributed by atoms with E-state index in [0.717, 1.165) is 49.8 Å². The molecule has 1 fully saturated rings. The number of fused-ring (bicyclic) bond motifs is 1. The first-order valence-electron chi connectivity index (χ1n) is 11.7. The van der Waals surface area contributed by atoms with E-state index in [2.05, 4.69) is 30.7 Å². The van der Waals surface area contributed by atoms with Gasteiger partial charge in [0.1, 0.15) is 11.5 Å². The topological polar surface area (TPSA) is 39.3 Å². The number of hydrogen-bond acceptors (Lipinski definition) is 2. The van der Waals surface area contributed by atoms with Gasteiger partial charge in [-0.3, -0.25) is 9.69 Å². The van der Waals surface area contributed by atoms with Crippen LogP contribution >= 0.6 is 0 Å². The number of nitrogens with one attached hydrogen (secondary N) is 1. The van der Waals surface area contributed by atoms with Gasteiger partial charge in [0, 0.05) is 29.5 Å². The normalized spacial score (nSPS) is 15.9. The Kier molecular flexibility index (Phi) is 6.66. The molecule has 2 heterocycles. The molecule has 5 heteroatoms. The molecule has 4 rings (SSSR count). The van der Waals surface area contributed by atoms with Gasteiger partial charge in [-0.05, 0) is 88.9 Å². The molecule has 1 saturated heterocycles. The number of aromatic amines is 1. The van der Waals surface area contributed by atoms with Crippen LogP contribution in [0, 0.1) is 11.7 Å². The predicted molar refractivity (Wildman–Crippen MR) is 128 cm³/mol. The first-order chi connectivity index (χ1) is 15.4. The second-order valence-corrected chi connectivity index (χ2v) is 9.66. The second-order valence-electron chi connectivity index (χ2n) is 9.66. The van der Waals surface area contributed by atoms with E-state index in [1.807, 2.05) is 47.4 Å². The number of likely N-dealkylation sites (tertiary alicyclic amines) is 1. The lowest BCUT2D eigenvalue weighted by atomic mass is 9.88. The number of carbonyl (C=O) groups excluding carboxylic acids is 1. The molecule has 0 saturated carbocycles. The number of halogens is 1. The fourth-order valence-corrected chi connectivity index (χ4v) is 4.96. The van der Waals surface area contributed by atoms with Crippen molar-refractivity contribution in [1.29, 1.82) is 0 Å². The van der Waals surface area contributed by atoms with Crippen LogP contribution in [0.15, 0.2) is 54.6 Å². The molecule has 0 atom stereocenters. The third-order valence-corrected chi connectivity index (χ3v) is 6.93. The summed E-state index contributed by atoms with van der Waals surface area (Å²) in [6.45, 7) is 10.2. The van der Waals surface area contributed by atoms with Gasteiger partial charge in [-0.2, -0.15) is 0 Å². The summed E-state index contributed by atoms with van der Waals surface area (Å²) in [5, 5.41) is 1.07. The van der Waals surface area contributed by atoms with Crippen molar-refractivity contribution in [3.8, 4) is 0 Å². The Hall–Kier alpha value is -2.66. The van der Waals surface area contributed by atoms with Crippen LogP contribution in [0.3, 0.4) is 0 Å². The summed E-state index contributed by atoms with van der Waals surface area (Å²) >= 11 is 0. The molecule has 1 amide bonds. The lowest BCUT2D eigenvalue weighted by molar-refractivity contribution is 0.0546. The van der Waals surface area contributed by atoms with E-state index < -0.39 is 0 Å². The summed E-state index contributed by atoms with van der Waals surface area (Å²) in [7, 11) is 0. The van der Waals surface area contributed by atoms with Crippen LogP contribution in [-0.4, -0.2) is 52.4 Å². The number of amides is 1. The SMILES string of the molecule is CCN(CC1CCN(C(C)(C)Cc2ccc(F)cc2)CC1)C(=O)c1cc2ccccc2[nH]1. The van der Waals surface area contributed by atoms with Crippen LogP contribution in [0.2, 0.25) is 0 Å². The highest BCUT2D eigenvalue weighted by Crippen LogP contribution is 2.28. The van der Waals surface area contributed by atoms with Crippen LogP contribution in [-0.2, 0) is 6.42 Å². The number of benzene rings is 2. The zero-order valence-electron chi connectivity index (χ0n) is 19.4. The van der Waals surface area contributed by atoms with Crippen molar-refractivity contribution >= 4 is 16.8 Å². The maximum atomic E-state index is 13.2. The summed E-state index contributed by atoms with van der Waals surface area (Å²) in [5.41, 5.74) is 2.86. The van der Waals surface area contributed by atoms with Crippen molar-refractivity contribution in [3.63, 3.8) is 0 Å². The number of piperidine rings is 1. The molecule has 3 aromatic rings. The monoisotopic (exact) mass is 435 g/mol. The van der Waals surface area contributed by atoms with Crippen LogP contribution in [0.25, 0.3) is 10.9 Å². The van der Waals surface area contributed by atoms with Gasteiger partial charge in [-0.15, -0.1) is 0 Å². The first kappa shape index (κ1) is 22.5. The Bertz CT molecular complexity index is 1020. The summed E-state index contributed by atoms with van der Waals surface area (Å²) in [5.74, 6) is 0.416. The molecule has 0 bridgehead atoms. The summed E-state index contributed by atoms with van der Waals surface area (Å²) < 4.78 is 13.2. The molecule has 1 aromatic heterocycles. The first-order valence-corrected chi connectivity index (χ1v) is 11.7. The largest absolute Gasteiger partial charge is 0.351 e. The number of H-pyrrole nitrogens is 1. The number of carbonyl (C=O) groups is 1. The van der Waals surface area contributed by atoms with Crippen LogP contribution in [0.4, 0.5) is 4.39 Å². The van der Waals surface area contributed by atoms with Gasteiger partial charge >= 0.3 is 0 Å². The lowest BCUT2D eigenvalue weighted by Crippen LogP contribution is -2.50. The average molecular weight is 436 g/mol. The molecule has 2 aromatic carbocycles. The Morgan fingerprint density at radius 2 is 1.81 bits per heavy atom. The fraction of sp³-hybridized carbons (Fsp3) is 0.444. The van der Waals surface area contributed by atoms with Gasteiger partial charge in [-0.1, -0.05) is 30.3 Å². The van der Waals surface area contributed by atoms with Crippen LogP contribution in [0.5, 0.6) is 0 Å². The molecule has 1 N–H and O–H groups in total. The second kappa shape index (κ2) is 9.45. The molecule has 1 aliphatic rings. The molecule has 32 heavy (non-hydrogen) atoms. The van der Waals surface area contributed by atoms with Crippen molar-refractivity contribution < 1.29 is 9.18 Å². The molecule has 4 nitrogen and oxygen atoms in total. The van der Waals surface area contributed by atoms with E-state index in [9.17, 15) is 9.18 Å². The van der Waals surface area contributed by atoms with E-state index in [4.69, 9.17) is 0 Å². The molecule has 0 spiro atoms. The van der Waals surface area contributed by atoms with Gasteiger partial charge in [0.15, 0.2) is 0 Å². The van der Waals surface area contributed by atoms with E-state index in [-0.39, 0.29) is 17.3 Å². The third-order valence-electron chi connectivity index (χ3n) is 6.93. The van der Waals surface area contributed by atoms with Gasteiger partial charge in [-0.25, -0.2) is 4.39 Å². The average Bonchev–Trinajstić information content (AvgIpc) is 3.23. The Morgan fingerprint density at radius 1 is 1.12 bits per heavy atom. The maximum absolute atomic E-state index is 13.2. The minimum atomic E-state index is -0.185. The summed E-state index contributed by atoms with van der Waals surface area (Å²) in [4.78, 5) is 20.9. The number of aromatic nitrogens is 1. The predicted octanol–water partition coefficient (Wildman–Crippen LogP) is 5.50. The lowest BCUT2D eigenvalue weighted by Gasteiger charge is -2.44. The highest BCUT2D eigenvalue weighted by atomic mass is 19.1. The molecule has 0 unspecified atom stereocenters. The fourth-order valence-electron chi connectivity index (χ4n) is 4.96. The minimum Gasteiger partial charge on any atom is -0.351 e. The zero-order chi connectivity index (χ0) is 22.7. The summed E-state index contributed by atoms with van der Waals surface area (Å²) in [6.07, 6.45) is 3.07. The van der Waals surface area contributed by atoms with Crippen molar-refractivity contribution in [2.75, 3.05) is 26.2 Å². The van der Waals surface area contributed by atoms with E-state index in [1.165, 1.54) is 5.56 Å². The number of para-hydroxylation sites is 1. The Balaban J connectivity index is 1.33. The van der Waals surface area contributed by atoms with Gasteiger partial charge in [0.25, 0.3) is 5.91 Å². The molecule has 170 valence electrons. The van der Waals surface area contributed by atoms with Gasteiger partial charge in [0.2, 0.25) is 0 Å². The van der Waals surface area contributed by atoms with Crippen LogP contribution in [0.1, 0.15) is 49.7 Å². The van der Waals surface area contributed by atoms with Crippen molar-refractivity contribution in [2.24, 2.45) is 5.92 Å². The quantitative estimate of drug-likeness (QED) is 0.532. The number of rotatable bonds is 7. The van der Waals surface area contributed by atoms with Gasteiger partial charge in [0.05, 0.1) is 0 Å². The molecule has 0 radical (unpaired) electrons. The Labute approximate surface area is 190 Å². The standard InChI is InChI=1S/C27H34FN3O/c1-4-30(26(32)25-17-22-7-5-6-8-24(22)29-25)19-21-13-15-31(16-14-21)27(2,3)18-20-9-11-23(28)12-10-20/h5-12,17,21,29H,4,13-16,18-19H2,1-3H3. The number of nitrogens with zero attached hydrogens (tertiary/aromatic N) is 2.